The summed E-state index contributed by atoms with van der Waals surface area (Å²) in [6.07, 6.45) is 6.80. The van der Waals surface area contributed by atoms with E-state index in [2.05, 4.69) is 25.2 Å². The smallest absolute Gasteiger partial charge is 0.109 e. The van der Waals surface area contributed by atoms with Gasteiger partial charge in [-0.1, -0.05) is 6.42 Å². The molecule has 1 N–H and O–H groups in total. The first kappa shape index (κ1) is 15.8. The van der Waals surface area contributed by atoms with Crippen LogP contribution in [0.25, 0.3) is 0 Å². The molecule has 1 aliphatic heterocycles. The lowest BCUT2D eigenvalue weighted by atomic mass is 9.85. The molecule has 0 bridgehead atoms. The predicted octanol–water partition coefficient (Wildman–Crippen LogP) is 2.63. The summed E-state index contributed by atoms with van der Waals surface area (Å²) in [5, 5.41) is 13.1. The van der Waals surface area contributed by atoms with Crippen LogP contribution in [0.4, 0.5) is 0 Å². The second-order valence-corrected chi connectivity index (χ2v) is 6.47. The van der Waals surface area contributed by atoms with Crippen LogP contribution in [0, 0.1) is 17.2 Å². The van der Waals surface area contributed by atoms with Gasteiger partial charge in [-0.15, -0.1) is 0 Å². The van der Waals surface area contributed by atoms with E-state index in [1.807, 2.05) is 0 Å². The highest BCUT2D eigenvalue weighted by molar-refractivity contribution is 5.14. The molecule has 4 nitrogen and oxygen atoms in total. The van der Waals surface area contributed by atoms with Gasteiger partial charge in [-0.2, -0.15) is 5.26 Å². The summed E-state index contributed by atoms with van der Waals surface area (Å²) >= 11 is 0. The van der Waals surface area contributed by atoms with Crippen LogP contribution in [-0.4, -0.2) is 37.5 Å². The average Bonchev–Trinajstić information content (AvgIpc) is 3.04. The fourth-order valence-corrected chi connectivity index (χ4v) is 3.57. The quantitative estimate of drug-likeness (QED) is 0.728. The van der Waals surface area contributed by atoms with Gasteiger partial charge in [-0.25, -0.2) is 0 Å². The summed E-state index contributed by atoms with van der Waals surface area (Å²) < 4.78 is 11.3. The van der Waals surface area contributed by atoms with Crippen LogP contribution >= 0.6 is 0 Å². The molecule has 20 heavy (non-hydrogen) atoms. The van der Waals surface area contributed by atoms with E-state index in [0.717, 1.165) is 51.7 Å². The lowest BCUT2D eigenvalue weighted by Crippen LogP contribution is -2.50. The zero-order valence-electron chi connectivity index (χ0n) is 12.9. The Morgan fingerprint density at radius 2 is 2.25 bits per heavy atom. The Balaban J connectivity index is 1.74. The summed E-state index contributed by atoms with van der Waals surface area (Å²) in [4.78, 5) is 0. The Morgan fingerprint density at radius 3 is 2.90 bits per heavy atom. The highest BCUT2D eigenvalue weighted by Gasteiger charge is 2.43. The zero-order chi connectivity index (χ0) is 14.4. The van der Waals surface area contributed by atoms with E-state index < -0.39 is 0 Å². The SMILES string of the molecule is CC(C)NC1(C#N)CCCC1CCOCC1CCCO1. The molecule has 1 saturated heterocycles. The van der Waals surface area contributed by atoms with Crippen LogP contribution in [-0.2, 0) is 9.47 Å². The minimum atomic E-state index is -0.332. The topological polar surface area (TPSA) is 54.3 Å². The molecule has 1 aliphatic carbocycles. The number of nitrogens with zero attached hydrogens (tertiary/aromatic N) is 1. The number of rotatable bonds is 7. The largest absolute Gasteiger partial charge is 0.379 e. The van der Waals surface area contributed by atoms with Crippen LogP contribution in [0.3, 0.4) is 0 Å². The van der Waals surface area contributed by atoms with E-state index in [1.54, 1.807) is 0 Å². The lowest BCUT2D eigenvalue weighted by molar-refractivity contribution is 0.0115. The maximum atomic E-state index is 9.59. The van der Waals surface area contributed by atoms with E-state index in [1.165, 1.54) is 0 Å². The second-order valence-electron chi connectivity index (χ2n) is 6.47. The van der Waals surface area contributed by atoms with Gasteiger partial charge < -0.3 is 9.47 Å². The molecule has 3 unspecified atom stereocenters. The van der Waals surface area contributed by atoms with Gasteiger partial charge in [0, 0.05) is 19.3 Å². The molecule has 3 atom stereocenters. The van der Waals surface area contributed by atoms with Gasteiger partial charge in [-0.3, -0.25) is 5.32 Å². The third kappa shape index (κ3) is 3.94. The van der Waals surface area contributed by atoms with Crippen molar-refractivity contribution in [3.63, 3.8) is 0 Å². The summed E-state index contributed by atoms with van der Waals surface area (Å²) in [7, 11) is 0. The van der Waals surface area contributed by atoms with Crippen LogP contribution in [0.5, 0.6) is 0 Å². The molecule has 0 amide bonds. The van der Waals surface area contributed by atoms with Gasteiger partial charge in [0.2, 0.25) is 0 Å². The van der Waals surface area contributed by atoms with Gasteiger partial charge in [-0.05, 0) is 51.9 Å². The number of nitrogens with one attached hydrogen (secondary N) is 1. The van der Waals surface area contributed by atoms with Crippen molar-refractivity contribution in [2.24, 2.45) is 5.92 Å². The Morgan fingerprint density at radius 1 is 1.40 bits per heavy atom. The van der Waals surface area contributed by atoms with E-state index in [-0.39, 0.29) is 5.54 Å². The van der Waals surface area contributed by atoms with Crippen LogP contribution in [0.15, 0.2) is 0 Å². The number of nitriles is 1. The Kier molecular flexibility index (Phi) is 5.83. The Bertz CT molecular complexity index is 334. The summed E-state index contributed by atoms with van der Waals surface area (Å²) in [5.74, 6) is 0.416. The van der Waals surface area contributed by atoms with Crippen molar-refractivity contribution in [1.82, 2.24) is 5.32 Å². The maximum absolute atomic E-state index is 9.59. The molecule has 2 fully saturated rings. The number of hydrogen-bond donors (Lipinski definition) is 1. The highest BCUT2D eigenvalue weighted by atomic mass is 16.5. The van der Waals surface area contributed by atoms with Gasteiger partial charge in [0.1, 0.15) is 5.54 Å². The van der Waals surface area contributed by atoms with E-state index in [0.29, 0.717) is 24.7 Å². The van der Waals surface area contributed by atoms with E-state index >= 15 is 0 Å². The molecule has 0 spiro atoms. The van der Waals surface area contributed by atoms with Gasteiger partial charge in [0.05, 0.1) is 18.8 Å². The fourth-order valence-electron chi connectivity index (χ4n) is 3.57. The average molecular weight is 280 g/mol. The maximum Gasteiger partial charge on any atom is 0.109 e. The predicted molar refractivity (Wildman–Crippen MR) is 78.4 cm³/mol. The first-order valence-corrected chi connectivity index (χ1v) is 8.04. The molecule has 4 heteroatoms. The molecule has 2 rings (SSSR count). The minimum Gasteiger partial charge on any atom is -0.379 e. The second kappa shape index (κ2) is 7.40. The molecule has 0 aromatic rings. The Hall–Kier alpha value is -0.630. The molecule has 1 saturated carbocycles. The highest BCUT2D eigenvalue weighted by Crippen LogP contribution is 2.38. The summed E-state index contributed by atoms with van der Waals surface area (Å²) in [6, 6.07) is 2.90. The van der Waals surface area contributed by atoms with Crippen molar-refractivity contribution in [2.45, 2.75) is 70.1 Å². The summed E-state index contributed by atoms with van der Waals surface area (Å²) in [6.45, 7) is 6.56. The minimum absolute atomic E-state index is 0.299. The third-order valence-corrected chi connectivity index (χ3v) is 4.50. The van der Waals surface area contributed by atoms with Crippen molar-refractivity contribution >= 4 is 0 Å². The van der Waals surface area contributed by atoms with Crippen LogP contribution in [0.2, 0.25) is 0 Å². The monoisotopic (exact) mass is 280 g/mol. The van der Waals surface area contributed by atoms with Crippen molar-refractivity contribution in [3.05, 3.63) is 0 Å². The van der Waals surface area contributed by atoms with Crippen molar-refractivity contribution in [1.29, 1.82) is 5.26 Å². The standard InChI is InChI=1S/C16H28N2O2/c1-13(2)18-16(12-17)8-3-5-14(16)7-10-19-11-15-6-4-9-20-15/h13-15,18H,3-11H2,1-2H3. The molecule has 0 aromatic carbocycles. The number of hydrogen-bond acceptors (Lipinski definition) is 4. The molecule has 114 valence electrons. The molecule has 0 radical (unpaired) electrons. The van der Waals surface area contributed by atoms with Crippen molar-refractivity contribution in [3.8, 4) is 6.07 Å². The van der Waals surface area contributed by atoms with Gasteiger partial charge in [0.15, 0.2) is 0 Å². The molecule has 2 aliphatic rings. The fraction of sp³-hybridized carbons (Fsp3) is 0.938. The van der Waals surface area contributed by atoms with Crippen molar-refractivity contribution in [2.75, 3.05) is 19.8 Å². The van der Waals surface area contributed by atoms with E-state index in [4.69, 9.17) is 9.47 Å². The first-order chi connectivity index (χ1) is 9.66. The molecular weight excluding hydrogens is 252 g/mol. The van der Waals surface area contributed by atoms with Crippen LogP contribution in [0.1, 0.15) is 52.4 Å². The Labute approximate surface area is 122 Å². The van der Waals surface area contributed by atoms with Crippen LogP contribution < -0.4 is 5.32 Å². The summed E-state index contributed by atoms with van der Waals surface area (Å²) in [5.41, 5.74) is -0.332. The molecular formula is C16H28N2O2. The zero-order valence-corrected chi connectivity index (χ0v) is 12.9. The third-order valence-electron chi connectivity index (χ3n) is 4.50. The van der Waals surface area contributed by atoms with E-state index in [9.17, 15) is 5.26 Å². The van der Waals surface area contributed by atoms with Gasteiger partial charge in [0.25, 0.3) is 0 Å². The van der Waals surface area contributed by atoms with Gasteiger partial charge >= 0.3 is 0 Å². The van der Waals surface area contributed by atoms with Crippen molar-refractivity contribution < 1.29 is 9.47 Å². The number of ether oxygens (including phenoxy) is 2. The molecule has 1 heterocycles. The first-order valence-electron chi connectivity index (χ1n) is 8.04. The molecule has 0 aromatic heterocycles. The lowest BCUT2D eigenvalue weighted by Gasteiger charge is -2.32. The normalized spacial score (nSPS) is 33.7.